The smallest absolute Gasteiger partial charge is 0.325 e. The number of anilines is 2. The Morgan fingerprint density at radius 3 is 2.38 bits per heavy atom. The van der Waals surface area contributed by atoms with Crippen LogP contribution in [0.15, 0.2) is 54.6 Å². The van der Waals surface area contributed by atoms with E-state index in [0.29, 0.717) is 16.9 Å². The summed E-state index contributed by atoms with van der Waals surface area (Å²) in [6.07, 6.45) is 0. The van der Waals surface area contributed by atoms with Crippen LogP contribution < -0.4 is 10.2 Å². The van der Waals surface area contributed by atoms with Crippen molar-refractivity contribution in [1.29, 1.82) is 5.26 Å². The summed E-state index contributed by atoms with van der Waals surface area (Å²) in [7, 11) is 0. The van der Waals surface area contributed by atoms with Crippen LogP contribution in [0, 0.1) is 11.3 Å². The van der Waals surface area contributed by atoms with E-state index in [2.05, 4.69) is 5.32 Å². The lowest BCUT2D eigenvalue weighted by Crippen LogP contribution is -2.39. The van der Waals surface area contributed by atoms with E-state index in [1.54, 1.807) is 55.5 Å². The molecule has 26 heavy (non-hydrogen) atoms. The van der Waals surface area contributed by atoms with Gasteiger partial charge in [-0.2, -0.15) is 5.26 Å². The van der Waals surface area contributed by atoms with Crippen molar-refractivity contribution in [1.82, 2.24) is 4.90 Å². The van der Waals surface area contributed by atoms with Crippen molar-refractivity contribution in [3.8, 4) is 6.07 Å². The van der Waals surface area contributed by atoms with Crippen molar-refractivity contribution in [2.75, 3.05) is 16.8 Å². The Bertz CT molecular complexity index is 887. The molecular formula is C19H16N4O3. The number of para-hydroxylation sites is 1. The molecular weight excluding hydrogens is 332 g/mol. The molecule has 2 aromatic carbocycles. The molecule has 130 valence electrons. The Kier molecular flexibility index (Phi) is 4.67. The molecule has 7 nitrogen and oxygen atoms in total. The molecule has 3 rings (SSSR count). The van der Waals surface area contributed by atoms with Crippen LogP contribution in [0.5, 0.6) is 0 Å². The molecule has 1 saturated heterocycles. The molecule has 7 heteroatoms. The lowest BCUT2D eigenvalue weighted by molar-refractivity contribution is -0.130. The number of hydrogen-bond donors (Lipinski definition) is 1. The van der Waals surface area contributed by atoms with E-state index in [4.69, 9.17) is 5.26 Å². The van der Waals surface area contributed by atoms with Crippen LogP contribution in [0.3, 0.4) is 0 Å². The largest absolute Gasteiger partial charge is 0.332 e. The Hall–Kier alpha value is -3.66. The number of urea groups is 1. The zero-order valence-electron chi connectivity index (χ0n) is 14.0. The second kappa shape index (κ2) is 7.07. The minimum atomic E-state index is -0.674. The first-order valence-electron chi connectivity index (χ1n) is 8.01. The van der Waals surface area contributed by atoms with Crippen LogP contribution in [0.4, 0.5) is 16.2 Å². The average Bonchev–Trinajstić information content (AvgIpc) is 2.86. The fourth-order valence-electron chi connectivity index (χ4n) is 2.77. The fourth-order valence-corrected chi connectivity index (χ4v) is 2.77. The molecule has 0 aromatic heterocycles. The highest BCUT2D eigenvalue weighted by atomic mass is 16.2. The van der Waals surface area contributed by atoms with Gasteiger partial charge in [-0.15, -0.1) is 0 Å². The Balaban J connectivity index is 1.71. The zero-order chi connectivity index (χ0) is 18.7. The molecule has 0 saturated carbocycles. The Morgan fingerprint density at radius 2 is 1.77 bits per heavy atom. The molecule has 0 radical (unpaired) electrons. The molecule has 1 unspecified atom stereocenters. The van der Waals surface area contributed by atoms with Gasteiger partial charge in [0.2, 0.25) is 5.91 Å². The minimum absolute atomic E-state index is 0.370. The first-order chi connectivity index (χ1) is 12.5. The minimum Gasteiger partial charge on any atom is -0.325 e. The molecule has 0 aliphatic carbocycles. The highest BCUT2D eigenvalue weighted by molar-refractivity contribution is 6.16. The highest BCUT2D eigenvalue weighted by Crippen LogP contribution is 2.25. The molecule has 1 aliphatic rings. The predicted molar refractivity (Wildman–Crippen MR) is 95.3 cm³/mol. The summed E-state index contributed by atoms with van der Waals surface area (Å²) in [5.41, 5.74) is 1.56. The molecule has 1 aliphatic heterocycles. The summed E-state index contributed by atoms with van der Waals surface area (Å²) in [5, 5.41) is 11.4. The van der Waals surface area contributed by atoms with E-state index in [1.165, 1.54) is 4.90 Å². The van der Waals surface area contributed by atoms with Crippen molar-refractivity contribution in [2.45, 2.75) is 13.0 Å². The quantitative estimate of drug-likeness (QED) is 0.858. The van der Waals surface area contributed by atoms with Crippen molar-refractivity contribution in [2.24, 2.45) is 0 Å². The van der Waals surface area contributed by atoms with Crippen LogP contribution in [0.1, 0.15) is 12.5 Å². The maximum absolute atomic E-state index is 12.6. The summed E-state index contributed by atoms with van der Waals surface area (Å²) in [6, 6.07) is 16.0. The third kappa shape index (κ3) is 3.26. The van der Waals surface area contributed by atoms with Gasteiger partial charge in [0.1, 0.15) is 12.6 Å². The SMILES string of the molecule is CC1C(=O)N(CC(=O)Nc2ccc(C#N)cc2)C(=O)N1c1ccccc1. The lowest BCUT2D eigenvalue weighted by atomic mass is 10.2. The predicted octanol–water partition coefficient (Wildman–Crippen LogP) is 2.35. The van der Waals surface area contributed by atoms with E-state index in [1.807, 2.05) is 12.1 Å². The zero-order valence-corrected chi connectivity index (χ0v) is 14.0. The van der Waals surface area contributed by atoms with Gasteiger partial charge < -0.3 is 5.32 Å². The highest BCUT2D eigenvalue weighted by Gasteiger charge is 2.43. The molecule has 1 heterocycles. The number of hydrogen-bond acceptors (Lipinski definition) is 4. The molecule has 1 N–H and O–H groups in total. The number of carbonyl (C=O) groups is 3. The lowest BCUT2D eigenvalue weighted by Gasteiger charge is -2.19. The van der Waals surface area contributed by atoms with Crippen molar-refractivity contribution in [3.05, 3.63) is 60.2 Å². The number of nitriles is 1. The van der Waals surface area contributed by atoms with E-state index in [9.17, 15) is 14.4 Å². The van der Waals surface area contributed by atoms with Gasteiger partial charge in [0.05, 0.1) is 11.6 Å². The number of nitrogens with one attached hydrogen (secondary N) is 1. The van der Waals surface area contributed by atoms with Gasteiger partial charge in [0.25, 0.3) is 5.91 Å². The molecule has 2 aromatic rings. The normalized spacial score (nSPS) is 16.5. The van der Waals surface area contributed by atoms with Gasteiger partial charge >= 0.3 is 6.03 Å². The molecule has 0 bridgehead atoms. The summed E-state index contributed by atoms with van der Waals surface area (Å²) in [5.74, 6) is -0.910. The van der Waals surface area contributed by atoms with Crippen molar-refractivity contribution >= 4 is 29.2 Å². The summed E-state index contributed by atoms with van der Waals surface area (Å²) >= 11 is 0. The fraction of sp³-hybridized carbons (Fsp3) is 0.158. The number of imide groups is 1. The van der Waals surface area contributed by atoms with Crippen LogP contribution in [-0.2, 0) is 9.59 Å². The third-order valence-electron chi connectivity index (χ3n) is 4.08. The van der Waals surface area contributed by atoms with E-state index < -0.39 is 23.9 Å². The van der Waals surface area contributed by atoms with E-state index >= 15 is 0 Å². The third-order valence-corrected chi connectivity index (χ3v) is 4.08. The Labute approximate surface area is 150 Å². The molecule has 4 amide bonds. The average molecular weight is 348 g/mol. The van der Waals surface area contributed by atoms with Crippen LogP contribution in [-0.4, -0.2) is 35.3 Å². The molecule has 1 fully saturated rings. The first-order valence-corrected chi connectivity index (χ1v) is 8.01. The second-order valence-corrected chi connectivity index (χ2v) is 5.83. The van der Waals surface area contributed by atoms with Gasteiger partial charge in [0.15, 0.2) is 0 Å². The van der Waals surface area contributed by atoms with Gasteiger partial charge in [-0.25, -0.2) is 4.79 Å². The number of rotatable bonds is 4. The van der Waals surface area contributed by atoms with Crippen LogP contribution >= 0.6 is 0 Å². The monoisotopic (exact) mass is 348 g/mol. The van der Waals surface area contributed by atoms with Crippen LogP contribution in [0.2, 0.25) is 0 Å². The van der Waals surface area contributed by atoms with E-state index in [-0.39, 0.29) is 6.54 Å². The van der Waals surface area contributed by atoms with Gasteiger partial charge in [0, 0.05) is 11.4 Å². The molecule has 0 spiro atoms. The second-order valence-electron chi connectivity index (χ2n) is 5.83. The Morgan fingerprint density at radius 1 is 1.12 bits per heavy atom. The van der Waals surface area contributed by atoms with Crippen molar-refractivity contribution in [3.63, 3.8) is 0 Å². The number of amides is 4. The van der Waals surface area contributed by atoms with Crippen LogP contribution in [0.25, 0.3) is 0 Å². The first kappa shape index (κ1) is 17.2. The van der Waals surface area contributed by atoms with Gasteiger partial charge in [-0.1, -0.05) is 18.2 Å². The van der Waals surface area contributed by atoms with E-state index in [0.717, 1.165) is 4.90 Å². The summed E-state index contributed by atoms with van der Waals surface area (Å²) in [4.78, 5) is 39.6. The maximum atomic E-state index is 12.6. The maximum Gasteiger partial charge on any atom is 0.332 e. The van der Waals surface area contributed by atoms with Gasteiger partial charge in [-0.05, 0) is 43.3 Å². The number of carbonyl (C=O) groups excluding carboxylic acids is 3. The summed E-state index contributed by atoms with van der Waals surface area (Å²) in [6.45, 7) is 1.26. The standard InChI is InChI=1S/C19H16N4O3/c1-13-18(25)22(19(26)23(13)16-5-3-2-4-6-16)12-17(24)21-15-9-7-14(11-20)8-10-15/h2-10,13H,12H2,1H3,(H,21,24). The topological polar surface area (TPSA) is 93.5 Å². The summed E-state index contributed by atoms with van der Waals surface area (Å²) < 4.78 is 0. The van der Waals surface area contributed by atoms with Gasteiger partial charge in [-0.3, -0.25) is 19.4 Å². The number of benzene rings is 2. The molecule has 1 atom stereocenters. The van der Waals surface area contributed by atoms with Crippen molar-refractivity contribution < 1.29 is 14.4 Å². The number of nitrogens with zero attached hydrogens (tertiary/aromatic N) is 3.